The van der Waals surface area contributed by atoms with Crippen molar-refractivity contribution in [2.24, 2.45) is 5.92 Å². The third-order valence-electron chi connectivity index (χ3n) is 6.51. The second kappa shape index (κ2) is 8.76. The summed E-state index contributed by atoms with van der Waals surface area (Å²) in [5.74, 6) is 2.49. The second-order valence-electron chi connectivity index (χ2n) is 8.85. The van der Waals surface area contributed by atoms with Crippen LogP contribution in [-0.2, 0) is 11.2 Å². The van der Waals surface area contributed by atoms with E-state index in [2.05, 4.69) is 27.0 Å². The Morgan fingerprint density at radius 1 is 1.18 bits per heavy atom. The Labute approximate surface area is 169 Å². The maximum absolute atomic E-state index is 12.5. The monoisotopic (exact) mass is 385 g/mol. The smallest absolute Gasteiger partial charge is 0.224 e. The van der Waals surface area contributed by atoms with Crippen LogP contribution in [0.2, 0.25) is 0 Å². The third kappa shape index (κ3) is 4.65. The zero-order valence-corrected chi connectivity index (χ0v) is 17.5. The summed E-state index contributed by atoms with van der Waals surface area (Å²) in [6, 6.07) is 1.07. The van der Waals surface area contributed by atoms with Gasteiger partial charge in [-0.15, -0.1) is 0 Å². The van der Waals surface area contributed by atoms with Gasteiger partial charge in [0.05, 0.1) is 5.92 Å². The summed E-state index contributed by atoms with van der Waals surface area (Å²) in [6.45, 7) is 8.37. The standard InChI is InChI=1S/C22H35N5O/c1-3-5-17-14-23-16(2)24-21(17)26-12-9-20(10-13-26)27-11-4-6-18(15-27)22(28)25-19-7-8-19/h14,18-20H,3-13,15H2,1-2H3,(H,25,28)/t18-/m0/s1. The number of nitrogens with zero attached hydrogens (tertiary/aromatic N) is 4. The highest BCUT2D eigenvalue weighted by molar-refractivity contribution is 5.79. The molecule has 2 saturated heterocycles. The van der Waals surface area contributed by atoms with Crippen LogP contribution in [0.15, 0.2) is 6.20 Å². The molecule has 3 fully saturated rings. The highest BCUT2D eigenvalue weighted by atomic mass is 16.2. The molecule has 0 bridgehead atoms. The molecule has 6 heteroatoms. The van der Waals surface area contributed by atoms with Crippen LogP contribution in [0.4, 0.5) is 5.82 Å². The molecule has 1 aromatic heterocycles. The molecule has 1 atom stereocenters. The first-order valence-corrected chi connectivity index (χ1v) is 11.3. The van der Waals surface area contributed by atoms with Gasteiger partial charge < -0.3 is 10.2 Å². The highest BCUT2D eigenvalue weighted by Gasteiger charge is 2.34. The molecule has 3 heterocycles. The van der Waals surface area contributed by atoms with Gasteiger partial charge in [0.2, 0.25) is 5.91 Å². The number of rotatable bonds is 6. The zero-order valence-electron chi connectivity index (χ0n) is 17.5. The summed E-state index contributed by atoms with van der Waals surface area (Å²) in [5.41, 5.74) is 1.28. The van der Waals surface area contributed by atoms with Crippen LogP contribution in [0.5, 0.6) is 0 Å². The van der Waals surface area contributed by atoms with E-state index >= 15 is 0 Å². The number of anilines is 1. The molecule has 2 aliphatic heterocycles. The van der Waals surface area contributed by atoms with E-state index < -0.39 is 0 Å². The summed E-state index contributed by atoms with van der Waals surface area (Å²) < 4.78 is 0. The molecular formula is C22H35N5O. The Hall–Kier alpha value is -1.69. The Kier molecular flexibility index (Phi) is 6.14. The van der Waals surface area contributed by atoms with E-state index in [1.807, 2.05) is 13.1 Å². The van der Waals surface area contributed by atoms with Crippen molar-refractivity contribution in [1.82, 2.24) is 20.2 Å². The molecule has 4 rings (SSSR count). The topological polar surface area (TPSA) is 61.4 Å². The van der Waals surface area contributed by atoms with Gasteiger partial charge in [-0.2, -0.15) is 0 Å². The van der Waals surface area contributed by atoms with Gasteiger partial charge in [-0.1, -0.05) is 13.3 Å². The minimum absolute atomic E-state index is 0.188. The molecule has 1 aliphatic carbocycles. The maximum Gasteiger partial charge on any atom is 0.224 e. The fourth-order valence-corrected chi connectivity index (χ4v) is 4.74. The van der Waals surface area contributed by atoms with Crippen molar-refractivity contribution in [3.63, 3.8) is 0 Å². The molecule has 28 heavy (non-hydrogen) atoms. The van der Waals surface area contributed by atoms with Crippen molar-refractivity contribution in [2.45, 2.75) is 77.3 Å². The van der Waals surface area contributed by atoms with E-state index in [-0.39, 0.29) is 5.92 Å². The maximum atomic E-state index is 12.5. The Morgan fingerprint density at radius 2 is 1.96 bits per heavy atom. The number of hydrogen-bond acceptors (Lipinski definition) is 5. The molecule has 3 aliphatic rings. The predicted molar refractivity (Wildman–Crippen MR) is 111 cm³/mol. The molecule has 1 amide bonds. The molecule has 0 unspecified atom stereocenters. The minimum atomic E-state index is 0.188. The molecular weight excluding hydrogens is 350 g/mol. The van der Waals surface area contributed by atoms with Gasteiger partial charge in [-0.05, 0) is 58.4 Å². The zero-order chi connectivity index (χ0) is 19.5. The summed E-state index contributed by atoms with van der Waals surface area (Å²) in [4.78, 5) is 26.7. The fraction of sp³-hybridized carbons (Fsp3) is 0.773. The summed E-state index contributed by atoms with van der Waals surface area (Å²) in [7, 11) is 0. The molecule has 6 nitrogen and oxygen atoms in total. The number of likely N-dealkylation sites (tertiary alicyclic amines) is 1. The van der Waals surface area contributed by atoms with E-state index in [9.17, 15) is 4.79 Å². The quantitative estimate of drug-likeness (QED) is 0.816. The Morgan fingerprint density at radius 3 is 2.68 bits per heavy atom. The largest absolute Gasteiger partial charge is 0.356 e. The van der Waals surface area contributed by atoms with Crippen LogP contribution in [-0.4, -0.2) is 59.0 Å². The van der Waals surface area contributed by atoms with Crippen molar-refractivity contribution in [1.29, 1.82) is 0 Å². The minimum Gasteiger partial charge on any atom is -0.356 e. The van der Waals surface area contributed by atoms with E-state index in [1.165, 1.54) is 18.4 Å². The SMILES string of the molecule is CCCc1cnc(C)nc1N1CCC(N2CCC[C@H](C(=O)NC3CC3)C2)CC1. The lowest BCUT2D eigenvalue weighted by Gasteiger charge is -2.42. The van der Waals surface area contributed by atoms with Gasteiger partial charge in [0, 0.05) is 43.5 Å². The molecule has 0 spiro atoms. The normalized spacial score (nSPS) is 24.4. The number of amides is 1. The van der Waals surface area contributed by atoms with Gasteiger partial charge in [-0.25, -0.2) is 9.97 Å². The van der Waals surface area contributed by atoms with Crippen molar-refractivity contribution >= 4 is 11.7 Å². The Bertz CT molecular complexity index is 682. The van der Waals surface area contributed by atoms with Crippen LogP contribution < -0.4 is 10.2 Å². The number of carbonyl (C=O) groups excluding carboxylic acids is 1. The Balaban J connectivity index is 1.33. The van der Waals surface area contributed by atoms with Crippen molar-refractivity contribution < 1.29 is 4.79 Å². The lowest BCUT2D eigenvalue weighted by atomic mass is 9.93. The van der Waals surface area contributed by atoms with Gasteiger partial charge in [0.1, 0.15) is 11.6 Å². The second-order valence-corrected chi connectivity index (χ2v) is 8.85. The molecule has 1 N–H and O–H groups in total. The van der Waals surface area contributed by atoms with Gasteiger partial charge >= 0.3 is 0 Å². The van der Waals surface area contributed by atoms with Crippen molar-refractivity contribution in [3.8, 4) is 0 Å². The van der Waals surface area contributed by atoms with Crippen LogP contribution in [0.25, 0.3) is 0 Å². The highest BCUT2D eigenvalue weighted by Crippen LogP contribution is 2.28. The van der Waals surface area contributed by atoms with E-state index in [1.54, 1.807) is 0 Å². The number of piperidine rings is 2. The lowest BCUT2D eigenvalue weighted by Crippen LogP contribution is -2.51. The summed E-state index contributed by atoms with van der Waals surface area (Å²) in [5, 5.41) is 3.21. The van der Waals surface area contributed by atoms with Gasteiger partial charge in [-0.3, -0.25) is 9.69 Å². The van der Waals surface area contributed by atoms with Crippen LogP contribution in [0.1, 0.15) is 63.3 Å². The van der Waals surface area contributed by atoms with Crippen LogP contribution in [0, 0.1) is 12.8 Å². The average molecular weight is 386 g/mol. The molecule has 0 aromatic carbocycles. The number of carbonyl (C=O) groups is 1. The first-order chi connectivity index (χ1) is 13.6. The lowest BCUT2D eigenvalue weighted by molar-refractivity contribution is -0.127. The third-order valence-corrected chi connectivity index (χ3v) is 6.51. The van der Waals surface area contributed by atoms with Gasteiger partial charge in [0.15, 0.2) is 0 Å². The fourth-order valence-electron chi connectivity index (χ4n) is 4.74. The van der Waals surface area contributed by atoms with Crippen molar-refractivity contribution in [3.05, 3.63) is 17.6 Å². The molecule has 1 saturated carbocycles. The first-order valence-electron chi connectivity index (χ1n) is 11.3. The summed E-state index contributed by atoms with van der Waals surface area (Å²) >= 11 is 0. The molecule has 0 radical (unpaired) electrons. The van der Waals surface area contributed by atoms with Crippen LogP contribution in [0.3, 0.4) is 0 Å². The first kappa shape index (κ1) is 19.6. The average Bonchev–Trinajstić information content (AvgIpc) is 3.54. The number of aromatic nitrogens is 2. The number of hydrogen-bond donors (Lipinski definition) is 1. The van der Waals surface area contributed by atoms with Crippen molar-refractivity contribution in [2.75, 3.05) is 31.1 Å². The van der Waals surface area contributed by atoms with Crippen LogP contribution >= 0.6 is 0 Å². The molecule has 154 valence electrons. The van der Waals surface area contributed by atoms with Gasteiger partial charge in [0.25, 0.3) is 0 Å². The number of nitrogens with one attached hydrogen (secondary N) is 1. The number of aryl methyl sites for hydroxylation is 2. The predicted octanol–water partition coefficient (Wildman–Crippen LogP) is 2.70. The van der Waals surface area contributed by atoms with E-state index in [0.717, 1.165) is 76.3 Å². The van der Waals surface area contributed by atoms with E-state index in [4.69, 9.17) is 4.98 Å². The summed E-state index contributed by atoms with van der Waals surface area (Å²) in [6.07, 6.45) is 11.0. The van der Waals surface area contributed by atoms with E-state index in [0.29, 0.717) is 18.0 Å². The molecule has 1 aromatic rings.